The van der Waals surface area contributed by atoms with Crippen molar-refractivity contribution in [1.29, 1.82) is 0 Å². The maximum Gasteiger partial charge on any atom is 0.328 e. The van der Waals surface area contributed by atoms with Gasteiger partial charge in [-0.05, 0) is 18.2 Å². The Morgan fingerprint density at radius 3 is 2.48 bits per heavy atom. The van der Waals surface area contributed by atoms with E-state index in [9.17, 15) is 14.7 Å². The summed E-state index contributed by atoms with van der Waals surface area (Å²) in [4.78, 5) is 36.3. The third-order valence-electron chi connectivity index (χ3n) is 4.39. The molecular formula is C18H20N4O5. The summed E-state index contributed by atoms with van der Waals surface area (Å²) in [6.45, 7) is 0.734. The number of benzene rings is 1. The molecule has 0 bridgehead atoms. The summed E-state index contributed by atoms with van der Waals surface area (Å²) in [5, 5.41) is 9.68. The Morgan fingerprint density at radius 1 is 1.11 bits per heavy atom. The van der Waals surface area contributed by atoms with Gasteiger partial charge in [0.05, 0.1) is 26.3 Å². The van der Waals surface area contributed by atoms with Gasteiger partial charge in [-0.1, -0.05) is 6.07 Å². The van der Waals surface area contributed by atoms with Gasteiger partial charge >= 0.3 is 5.97 Å². The normalized spacial score (nSPS) is 16.7. The second kappa shape index (κ2) is 7.90. The number of carbonyl (C=O) groups is 2. The highest BCUT2D eigenvalue weighted by Crippen LogP contribution is 2.32. The van der Waals surface area contributed by atoms with Gasteiger partial charge in [0, 0.05) is 25.5 Å². The highest BCUT2D eigenvalue weighted by atomic mass is 16.5. The first-order valence-electron chi connectivity index (χ1n) is 8.33. The van der Waals surface area contributed by atoms with Crippen LogP contribution in [0.2, 0.25) is 0 Å². The third kappa shape index (κ3) is 3.62. The number of hydrogen-bond acceptors (Lipinski definition) is 7. The third-order valence-corrected chi connectivity index (χ3v) is 4.39. The van der Waals surface area contributed by atoms with Crippen LogP contribution < -0.4 is 14.4 Å². The maximum atomic E-state index is 13.1. The Kier molecular flexibility index (Phi) is 5.39. The molecule has 1 atom stereocenters. The average Bonchev–Trinajstić information content (AvgIpc) is 2.72. The van der Waals surface area contributed by atoms with Crippen molar-refractivity contribution < 1.29 is 24.2 Å². The molecule has 3 rings (SSSR count). The van der Waals surface area contributed by atoms with Crippen LogP contribution in [0, 0.1) is 0 Å². The minimum Gasteiger partial charge on any atom is -0.493 e. The number of carboxylic acid groups (broad SMARTS) is 1. The van der Waals surface area contributed by atoms with Crippen LogP contribution in [0.3, 0.4) is 0 Å². The molecule has 2 heterocycles. The highest BCUT2D eigenvalue weighted by molar-refractivity contribution is 6.00. The SMILES string of the molecule is COc1cccc(C(=O)N2CCN(c3ncccn3)C[C@@H]2C(=O)O)c1OC. The van der Waals surface area contributed by atoms with E-state index in [1.807, 2.05) is 0 Å². The largest absolute Gasteiger partial charge is 0.493 e. The van der Waals surface area contributed by atoms with Crippen LogP contribution in [-0.4, -0.2) is 71.7 Å². The van der Waals surface area contributed by atoms with Gasteiger partial charge in [-0.25, -0.2) is 14.8 Å². The number of para-hydroxylation sites is 1. The van der Waals surface area contributed by atoms with Gasteiger partial charge in [0.25, 0.3) is 5.91 Å². The summed E-state index contributed by atoms with van der Waals surface area (Å²) in [6, 6.07) is 5.58. The van der Waals surface area contributed by atoms with Gasteiger partial charge < -0.3 is 24.4 Å². The number of amides is 1. The van der Waals surface area contributed by atoms with E-state index in [-0.39, 0.29) is 24.4 Å². The van der Waals surface area contributed by atoms with Crippen LogP contribution in [0.4, 0.5) is 5.95 Å². The van der Waals surface area contributed by atoms with Crippen LogP contribution in [-0.2, 0) is 4.79 Å². The number of carboxylic acids is 1. The lowest BCUT2D eigenvalue weighted by molar-refractivity contribution is -0.142. The Morgan fingerprint density at radius 2 is 1.85 bits per heavy atom. The summed E-state index contributed by atoms with van der Waals surface area (Å²) in [5.41, 5.74) is 0.257. The highest BCUT2D eigenvalue weighted by Gasteiger charge is 2.37. The topological polar surface area (TPSA) is 105 Å². The average molecular weight is 372 g/mol. The molecular weight excluding hydrogens is 352 g/mol. The van der Waals surface area contributed by atoms with Gasteiger partial charge in [0.1, 0.15) is 6.04 Å². The molecule has 0 saturated carbocycles. The molecule has 1 aromatic carbocycles. The molecule has 1 amide bonds. The number of aromatic nitrogens is 2. The molecule has 0 spiro atoms. The zero-order valence-corrected chi connectivity index (χ0v) is 15.0. The number of hydrogen-bond donors (Lipinski definition) is 1. The fourth-order valence-electron chi connectivity index (χ4n) is 3.08. The van der Waals surface area contributed by atoms with Crippen molar-refractivity contribution in [3.63, 3.8) is 0 Å². The Bertz CT molecular complexity index is 830. The van der Waals surface area contributed by atoms with Crippen molar-refractivity contribution in [2.45, 2.75) is 6.04 Å². The molecule has 1 N–H and O–H groups in total. The molecule has 9 nitrogen and oxygen atoms in total. The molecule has 1 saturated heterocycles. The molecule has 9 heteroatoms. The smallest absolute Gasteiger partial charge is 0.328 e. The molecule has 1 aromatic heterocycles. The predicted octanol–water partition coefficient (Wildman–Crippen LogP) is 0.909. The standard InChI is InChI=1S/C18H20N4O5/c1-26-14-6-3-5-12(15(14)27-2)16(23)22-10-9-21(11-13(22)17(24)25)18-19-7-4-8-20-18/h3-8,13H,9-11H2,1-2H3,(H,24,25)/t13-/m1/s1. The number of rotatable bonds is 5. The van der Waals surface area contributed by atoms with Crippen molar-refractivity contribution in [2.75, 3.05) is 38.8 Å². The van der Waals surface area contributed by atoms with Crippen molar-refractivity contribution in [2.24, 2.45) is 0 Å². The molecule has 0 unspecified atom stereocenters. The fraction of sp³-hybridized carbons (Fsp3) is 0.333. The van der Waals surface area contributed by atoms with Gasteiger partial charge in [0.15, 0.2) is 11.5 Å². The van der Waals surface area contributed by atoms with Gasteiger partial charge in [-0.2, -0.15) is 0 Å². The molecule has 0 radical (unpaired) electrons. The first-order chi connectivity index (χ1) is 13.1. The number of ether oxygens (including phenoxy) is 2. The van der Waals surface area contributed by atoms with Crippen LogP contribution in [0.5, 0.6) is 11.5 Å². The zero-order valence-electron chi connectivity index (χ0n) is 15.0. The van der Waals surface area contributed by atoms with E-state index in [0.29, 0.717) is 18.2 Å². The number of aliphatic carboxylic acids is 1. The summed E-state index contributed by atoms with van der Waals surface area (Å²) in [5.74, 6) is -0.387. The second-order valence-corrected chi connectivity index (χ2v) is 5.89. The van der Waals surface area contributed by atoms with Crippen molar-refractivity contribution in [3.8, 4) is 11.5 Å². The fourth-order valence-corrected chi connectivity index (χ4v) is 3.08. The monoisotopic (exact) mass is 372 g/mol. The first kappa shape index (κ1) is 18.4. The van der Waals surface area contributed by atoms with E-state index >= 15 is 0 Å². The van der Waals surface area contributed by atoms with Crippen LogP contribution >= 0.6 is 0 Å². The maximum absolute atomic E-state index is 13.1. The van der Waals surface area contributed by atoms with Crippen molar-refractivity contribution >= 4 is 17.8 Å². The molecule has 27 heavy (non-hydrogen) atoms. The summed E-state index contributed by atoms with van der Waals surface area (Å²) in [7, 11) is 2.92. The van der Waals surface area contributed by atoms with E-state index < -0.39 is 17.9 Å². The second-order valence-electron chi connectivity index (χ2n) is 5.89. The minimum atomic E-state index is -1.09. The molecule has 1 aliphatic heterocycles. The van der Waals surface area contributed by atoms with Gasteiger partial charge in [0.2, 0.25) is 5.95 Å². The molecule has 1 fully saturated rings. The Balaban J connectivity index is 1.88. The van der Waals surface area contributed by atoms with Gasteiger partial charge in [-0.3, -0.25) is 4.79 Å². The number of methoxy groups -OCH3 is 2. The van der Waals surface area contributed by atoms with Gasteiger partial charge in [-0.15, -0.1) is 0 Å². The van der Waals surface area contributed by atoms with Crippen molar-refractivity contribution in [3.05, 3.63) is 42.2 Å². The van der Waals surface area contributed by atoms with E-state index in [0.717, 1.165) is 0 Å². The van der Waals surface area contributed by atoms with E-state index in [1.165, 1.54) is 19.1 Å². The zero-order chi connectivity index (χ0) is 19.4. The molecule has 1 aliphatic rings. The molecule has 142 valence electrons. The van der Waals surface area contributed by atoms with Crippen LogP contribution in [0.25, 0.3) is 0 Å². The molecule has 0 aliphatic carbocycles. The lowest BCUT2D eigenvalue weighted by Gasteiger charge is -2.39. The van der Waals surface area contributed by atoms with E-state index in [1.54, 1.807) is 41.6 Å². The van der Waals surface area contributed by atoms with Crippen molar-refractivity contribution in [1.82, 2.24) is 14.9 Å². The number of anilines is 1. The summed E-state index contributed by atoms with van der Waals surface area (Å²) < 4.78 is 10.5. The lowest BCUT2D eigenvalue weighted by atomic mass is 10.1. The molecule has 2 aromatic rings. The minimum absolute atomic E-state index is 0.0946. The van der Waals surface area contributed by atoms with Crippen LogP contribution in [0.1, 0.15) is 10.4 Å². The Hall–Kier alpha value is -3.36. The number of carbonyl (C=O) groups excluding carboxylic acids is 1. The van der Waals surface area contributed by atoms with Crippen LogP contribution in [0.15, 0.2) is 36.7 Å². The van der Waals surface area contributed by atoms with E-state index in [4.69, 9.17) is 9.47 Å². The summed E-state index contributed by atoms with van der Waals surface area (Å²) in [6.07, 6.45) is 3.19. The number of nitrogens with zero attached hydrogens (tertiary/aromatic N) is 4. The number of piperazine rings is 1. The lowest BCUT2D eigenvalue weighted by Crippen LogP contribution is -2.58. The Labute approximate surface area is 156 Å². The predicted molar refractivity (Wildman–Crippen MR) is 96.3 cm³/mol. The first-order valence-corrected chi connectivity index (χ1v) is 8.33. The summed E-state index contributed by atoms with van der Waals surface area (Å²) >= 11 is 0. The quantitative estimate of drug-likeness (QED) is 0.826. The van der Waals surface area contributed by atoms with E-state index in [2.05, 4.69) is 9.97 Å².